The van der Waals surface area contributed by atoms with Crippen LogP contribution in [0.5, 0.6) is 0 Å². The lowest BCUT2D eigenvalue weighted by atomic mass is 10.0. The third-order valence-corrected chi connectivity index (χ3v) is 3.69. The van der Waals surface area contributed by atoms with E-state index in [1.54, 1.807) is 30.3 Å². The van der Waals surface area contributed by atoms with Gasteiger partial charge in [-0.3, -0.25) is 14.4 Å². The normalized spacial score (nSPS) is 15.1. The van der Waals surface area contributed by atoms with Crippen molar-refractivity contribution in [2.24, 2.45) is 5.73 Å². The second kappa shape index (κ2) is 10.2. The number of amides is 2. The summed E-state index contributed by atoms with van der Waals surface area (Å²) in [7, 11) is 0. The lowest BCUT2D eigenvalue weighted by Gasteiger charge is -2.24. The number of carbonyl (C=O) groups is 4. The van der Waals surface area contributed by atoms with Crippen molar-refractivity contribution in [1.29, 1.82) is 0 Å². The van der Waals surface area contributed by atoms with Gasteiger partial charge < -0.3 is 31.7 Å². The predicted molar refractivity (Wildman–Crippen MR) is 93.6 cm³/mol. The number of nitrogens with one attached hydrogen (secondary N) is 2. The van der Waals surface area contributed by atoms with E-state index in [1.165, 1.54) is 6.92 Å². The fourth-order valence-corrected chi connectivity index (χ4v) is 2.26. The summed E-state index contributed by atoms with van der Waals surface area (Å²) in [5.41, 5.74) is 6.09. The molecule has 0 saturated carbocycles. The van der Waals surface area contributed by atoms with E-state index in [4.69, 9.17) is 10.8 Å². The van der Waals surface area contributed by atoms with Gasteiger partial charge in [0.25, 0.3) is 0 Å². The molecule has 0 aliphatic carbocycles. The highest BCUT2D eigenvalue weighted by atomic mass is 16.4. The lowest BCUT2D eigenvalue weighted by molar-refractivity contribution is -0.143. The highest BCUT2D eigenvalue weighted by Gasteiger charge is 2.31. The molecular weight excluding hydrogens is 358 g/mol. The van der Waals surface area contributed by atoms with E-state index in [-0.39, 0.29) is 6.42 Å². The Hall–Kier alpha value is -2.98. The molecule has 0 saturated heterocycles. The Balaban J connectivity index is 2.81. The van der Waals surface area contributed by atoms with E-state index in [0.29, 0.717) is 5.56 Å². The Morgan fingerprint density at radius 1 is 1.04 bits per heavy atom. The second-order valence-corrected chi connectivity index (χ2v) is 6.02. The van der Waals surface area contributed by atoms with Gasteiger partial charge in [-0.1, -0.05) is 30.3 Å². The minimum atomic E-state index is -1.49. The van der Waals surface area contributed by atoms with Crippen molar-refractivity contribution in [3.8, 4) is 0 Å². The number of aliphatic carboxylic acids is 2. The Morgan fingerprint density at radius 2 is 1.63 bits per heavy atom. The molecule has 27 heavy (non-hydrogen) atoms. The van der Waals surface area contributed by atoms with Crippen LogP contribution < -0.4 is 16.4 Å². The summed E-state index contributed by atoms with van der Waals surface area (Å²) in [5.74, 6) is -4.47. The van der Waals surface area contributed by atoms with Crippen molar-refractivity contribution in [2.45, 2.75) is 44.0 Å². The molecule has 0 radical (unpaired) electrons. The zero-order valence-electron chi connectivity index (χ0n) is 14.7. The van der Waals surface area contributed by atoms with Crippen LogP contribution in [0, 0.1) is 0 Å². The number of aliphatic hydroxyl groups is 1. The lowest BCUT2D eigenvalue weighted by Crippen LogP contribution is -2.58. The number of hydrogen-bond donors (Lipinski definition) is 6. The molecule has 0 spiro atoms. The summed E-state index contributed by atoms with van der Waals surface area (Å²) in [6.45, 7) is 1.22. The third-order valence-electron chi connectivity index (χ3n) is 3.69. The Kier molecular flexibility index (Phi) is 8.36. The largest absolute Gasteiger partial charge is 0.481 e. The first-order chi connectivity index (χ1) is 12.6. The van der Waals surface area contributed by atoms with Crippen molar-refractivity contribution >= 4 is 23.8 Å². The number of aliphatic hydroxyl groups excluding tert-OH is 1. The minimum Gasteiger partial charge on any atom is -0.481 e. The van der Waals surface area contributed by atoms with Crippen LogP contribution in [-0.4, -0.2) is 63.3 Å². The van der Waals surface area contributed by atoms with Crippen LogP contribution in [0.1, 0.15) is 18.9 Å². The van der Waals surface area contributed by atoms with Gasteiger partial charge in [0.05, 0.1) is 18.6 Å². The number of carbonyl (C=O) groups excluding carboxylic acids is 2. The van der Waals surface area contributed by atoms with Gasteiger partial charge in [-0.05, 0) is 12.5 Å². The molecule has 7 N–H and O–H groups in total. The summed E-state index contributed by atoms with van der Waals surface area (Å²) in [4.78, 5) is 46.3. The molecule has 0 unspecified atom stereocenters. The smallest absolute Gasteiger partial charge is 0.326 e. The molecule has 10 nitrogen and oxygen atoms in total. The summed E-state index contributed by atoms with van der Waals surface area (Å²) in [6.07, 6.45) is -2.02. The van der Waals surface area contributed by atoms with Gasteiger partial charge in [0.2, 0.25) is 11.8 Å². The average molecular weight is 381 g/mol. The van der Waals surface area contributed by atoms with E-state index in [2.05, 4.69) is 10.6 Å². The topological polar surface area (TPSA) is 179 Å². The quantitative estimate of drug-likeness (QED) is 0.282. The molecule has 2 amide bonds. The van der Waals surface area contributed by atoms with Crippen LogP contribution >= 0.6 is 0 Å². The van der Waals surface area contributed by atoms with Crippen molar-refractivity contribution in [1.82, 2.24) is 10.6 Å². The van der Waals surface area contributed by atoms with Gasteiger partial charge in [-0.25, -0.2) is 4.79 Å². The van der Waals surface area contributed by atoms with E-state index in [1.807, 2.05) is 0 Å². The fraction of sp³-hybridized carbons (Fsp3) is 0.412. The number of nitrogens with two attached hydrogens (primary N) is 1. The van der Waals surface area contributed by atoms with Gasteiger partial charge in [-0.2, -0.15) is 0 Å². The van der Waals surface area contributed by atoms with Crippen molar-refractivity contribution in [3.63, 3.8) is 0 Å². The molecule has 1 aromatic rings. The molecule has 0 aliphatic rings. The maximum absolute atomic E-state index is 12.4. The van der Waals surface area contributed by atoms with E-state index in [0.717, 1.165) is 0 Å². The molecule has 0 bridgehead atoms. The monoisotopic (exact) mass is 381 g/mol. The predicted octanol–water partition coefficient (Wildman–Crippen LogP) is -1.53. The number of hydrogen-bond acceptors (Lipinski definition) is 6. The maximum Gasteiger partial charge on any atom is 0.326 e. The van der Waals surface area contributed by atoms with Crippen LogP contribution in [0.25, 0.3) is 0 Å². The molecule has 1 aromatic carbocycles. The summed E-state index contributed by atoms with van der Waals surface area (Å²) in [6, 6.07) is 4.40. The fourth-order valence-electron chi connectivity index (χ4n) is 2.26. The van der Waals surface area contributed by atoms with E-state index >= 15 is 0 Å². The van der Waals surface area contributed by atoms with Crippen LogP contribution in [-0.2, 0) is 25.6 Å². The number of carboxylic acid groups (broad SMARTS) is 2. The van der Waals surface area contributed by atoms with Crippen LogP contribution in [0.2, 0.25) is 0 Å². The first-order valence-electron chi connectivity index (χ1n) is 8.14. The summed E-state index contributed by atoms with van der Waals surface area (Å²) in [5, 5.41) is 32.1. The Morgan fingerprint density at radius 3 is 2.11 bits per heavy atom. The summed E-state index contributed by atoms with van der Waals surface area (Å²) < 4.78 is 0. The molecule has 0 aromatic heterocycles. The summed E-state index contributed by atoms with van der Waals surface area (Å²) >= 11 is 0. The number of carboxylic acids is 2. The molecule has 0 heterocycles. The maximum atomic E-state index is 12.4. The standard InChI is InChI=1S/C17H23N3O7/c1-9(21)14(20-15(24)11(18)8-13(22)23)16(25)19-12(17(26)27)7-10-5-3-2-4-6-10/h2-6,9,11-12,14,21H,7-8,18H2,1H3,(H,19,25)(H,20,24)(H,22,23)(H,26,27)/t9-,11+,12+,14+/m1/s1. The van der Waals surface area contributed by atoms with Crippen LogP contribution in [0.4, 0.5) is 0 Å². The van der Waals surface area contributed by atoms with Crippen LogP contribution in [0.3, 0.4) is 0 Å². The molecule has 4 atom stereocenters. The van der Waals surface area contributed by atoms with Crippen molar-refractivity contribution in [3.05, 3.63) is 35.9 Å². The molecule has 148 valence electrons. The van der Waals surface area contributed by atoms with Gasteiger partial charge in [0, 0.05) is 6.42 Å². The highest BCUT2D eigenvalue weighted by molar-refractivity contribution is 5.93. The molecular formula is C17H23N3O7. The second-order valence-electron chi connectivity index (χ2n) is 6.02. The van der Waals surface area contributed by atoms with Gasteiger partial charge in [-0.15, -0.1) is 0 Å². The Labute approximate surface area is 155 Å². The first kappa shape index (κ1) is 22.1. The van der Waals surface area contributed by atoms with Gasteiger partial charge in [0.15, 0.2) is 0 Å². The van der Waals surface area contributed by atoms with Crippen LogP contribution in [0.15, 0.2) is 30.3 Å². The zero-order valence-corrected chi connectivity index (χ0v) is 14.7. The highest BCUT2D eigenvalue weighted by Crippen LogP contribution is 2.05. The average Bonchev–Trinajstić information content (AvgIpc) is 2.58. The molecule has 1 rings (SSSR count). The minimum absolute atomic E-state index is 0.000910. The first-order valence-corrected chi connectivity index (χ1v) is 8.14. The Bertz CT molecular complexity index is 678. The van der Waals surface area contributed by atoms with E-state index in [9.17, 15) is 29.4 Å². The molecule has 0 aliphatic heterocycles. The van der Waals surface area contributed by atoms with Crippen molar-refractivity contribution in [2.75, 3.05) is 0 Å². The van der Waals surface area contributed by atoms with Gasteiger partial charge in [0.1, 0.15) is 12.1 Å². The zero-order chi connectivity index (χ0) is 20.6. The molecule has 10 heteroatoms. The number of benzene rings is 1. The SMILES string of the molecule is C[C@@H](O)[C@H](NC(=O)[C@@H](N)CC(=O)O)C(=O)N[C@@H](Cc1ccccc1)C(=O)O. The number of rotatable bonds is 10. The third kappa shape index (κ3) is 7.42. The van der Waals surface area contributed by atoms with Crippen molar-refractivity contribution < 1.29 is 34.5 Å². The molecule has 0 fully saturated rings. The van der Waals surface area contributed by atoms with E-state index < -0.39 is 54.4 Å². The van der Waals surface area contributed by atoms with Gasteiger partial charge >= 0.3 is 11.9 Å².